The number of Topliss-reactive ketones (excluding diaryl/α,β-unsaturated/α-hetero) is 1. The molecule has 0 saturated heterocycles. The lowest BCUT2D eigenvalue weighted by Gasteiger charge is -2.16. The molecular formula is C27H39F2N3O. The number of ketones is 1. The first-order valence-electron chi connectivity index (χ1n) is 11.7. The molecule has 0 N–H and O–H groups in total. The van der Waals surface area contributed by atoms with E-state index in [0.29, 0.717) is 23.3 Å². The first kappa shape index (κ1) is 30.1. The van der Waals surface area contributed by atoms with Crippen LogP contribution in [0.2, 0.25) is 0 Å². The van der Waals surface area contributed by atoms with Gasteiger partial charge in [0.15, 0.2) is 5.78 Å². The highest BCUT2D eigenvalue weighted by Gasteiger charge is 2.27. The quantitative estimate of drug-likeness (QED) is 0.435. The standard InChI is InChI=1S/C21H21F2N3O.3C2H6/c1-13(12-26(2)3)21(27)15-8-5-4-7-14-11-18(24-25-20(14)15)19-16(22)9-6-10-17(19)23;3*1-2/h4-5,7-9,11-12,15H,6,10H2,1-3H3;3*1-2H3/b13-12+;;;. The maximum atomic E-state index is 14.2. The second-order valence-corrected chi connectivity index (χ2v) is 6.80. The lowest BCUT2D eigenvalue weighted by atomic mass is 9.92. The predicted octanol–water partition coefficient (Wildman–Crippen LogP) is 7.58. The molecule has 0 spiro atoms. The van der Waals surface area contributed by atoms with Gasteiger partial charge >= 0.3 is 0 Å². The van der Waals surface area contributed by atoms with Gasteiger partial charge in [0.05, 0.1) is 22.9 Å². The van der Waals surface area contributed by atoms with E-state index in [2.05, 4.69) is 10.2 Å². The highest BCUT2D eigenvalue weighted by molar-refractivity contribution is 6.01. The van der Waals surface area contributed by atoms with Gasteiger partial charge in [-0.25, -0.2) is 8.78 Å². The summed E-state index contributed by atoms with van der Waals surface area (Å²) in [6.45, 7) is 13.7. The van der Waals surface area contributed by atoms with Crippen molar-refractivity contribution in [1.29, 1.82) is 0 Å². The molecule has 1 aromatic rings. The molecule has 6 heteroatoms. The number of aromatic nitrogens is 2. The highest BCUT2D eigenvalue weighted by atomic mass is 19.1. The predicted molar refractivity (Wildman–Crippen MR) is 136 cm³/mol. The zero-order valence-corrected chi connectivity index (χ0v) is 21.5. The van der Waals surface area contributed by atoms with Gasteiger partial charge in [0.1, 0.15) is 11.7 Å². The van der Waals surface area contributed by atoms with Crippen molar-refractivity contribution in [2.45, 2.75) is 67.2 Å². The van der Waals surface area contributed by atoms with Crippen molar-refractivity contribution in [1.82, 2.24) is 15.1 Å². The summed E-state index contributed by atoms with van der Waals surface area (Å²) < 4.78 is 28.3. The average Bonchev–Trinajstić information content (AvgIpc) is 3.04. The second kappa shape index (κ2) is 15.8. The molecule has 0 radical (unpaired) electrons. The maximum Gasteiger partial charge on any atom is 0.172 e. The Bertz CT molecular complexity index is 925. The monoisotopic (exact) mass is 459 g/mol. The van der Waals surface area contributed by atoms with Crippen molar-refractivity contribution in [2.75, 3.05) is 14.1 Å². The smallest absolute Gasteiger partial charge is 0.172 e. The van der Waals surface area contributed by atoms with Crippen LogP contribution in [0.4, 0.5) is 8.78 Å². The van der Waals surface area contributed by atoms with Crippen molar-refractivity contribution in [3.05, 3.63) is 70.7 Å². The number of allylic oxidation sites excluding steroid dienone is 8. The molecule has 3 rings (SSSR count). The molecule has 4 nitrogen and oxygen atoms in total. The summed E-state index contributed by atoms with van der Waals surface area (Å²) >= 11 is 0. The van der Waals surface area contributed by atoms with E-state index in [9.17, 15) is 13.6 Å². The Hall–Kier alpha value is -2.89. The van der Waals surface area contributed by atoms with Crippen LogP contribution in [0.3, 0.4) is 0 Å². The zero-order chi connectivity index (χ0) is 25.6. The van der Waals surface area contributed by atoms with Crippen molar-refractivity contribution >= 4 is 17.4 Å². The van der Waals surface area contributed by atoms with Crippen LogP contribution in [-0.4, -0.2) is 35.0 Å². The molecule has 0 saturated carbocycles. The Morgan fingerprint density at radius 3 is 2.27 bits per heavy atom. The Labute approximate surface area is 198 Å². The molecule has 2 aliphatic carbocycles. The summed E-state index contributed by atoms with van der Waals surface area (Å²) in [5.41, 5.74) is 1.68. The maximum absolute atomic E-state index is 14.2. The van der Waals surface area contributed by atoms with E-state index in [1.807, 2.05) is 55.6 Å². The van der Waals surface area contributed by atoms with Crippen molar-refractivity contribution in [2.24, 2.45) is 0 Å². The summed E-state index contributed by atoms with van der Waals surface area (Å²) in [4.78, 5) is 14.7. The number of hydrogen-bond acceptors (Lipinski definition) is 4. The fourth-order valence-corrected chi connectivity index (χ4v) is 3.19. The fourth-order valence-electron chi connectivity index (χ4n) is 3.19. The lowest BCUT2D eigenvalue weighted by Crippen LogP contribution is -2.17. The summed E-state index contributed by atoms with van der Waals surface area (Å²) in [6.07, 6.45) is 10.7. The van der Waals surface area contributed by atoms with Crippen LogP contribution in [0.5, 0.6) is 0 Å². The number of nitrogens with zero attached hydrogens (tertiary/aromatic N) is 3. The molecule has 182 valence electrons. The Morgan fingerprint density at radius 2 is 1.70 bits per heavy atom. The number of carbonyl (C=O) groups is 1. The van der Waals surface area contributed by atoms with E-state index in [1.54, 1.807) is 48.4 Å². The summed E-state index contributed by atoms with van der Waals surface area (Å²) in [5.74, 6) is -1.85. The van der Waals surface area contributed by atoms with Gasteiger partial charge < -0.3 is 4.90 Å². The molecule has 0 bridgehead atoms. The summed E-state index contributed by atoms with van der Waals surface area (Å²) in [5, 5.41) is 8.21. The fraction of sp³-hybridized carbons (Fsp3) is 0.444. The average molecular weight is 460 g/mol. The van der Waals surface area contributed by atoms with Crippen LogP contribution in [-0.2, 0) is 4.79 Å². The molecule has 33 heavy (non-hydrogen) atoms. The normalized spacial score (nSPS) is 16.5. The zero-order valence-electron chi connectivity index (χ0n) is 21.5. The summed E-state index contributed by atoms with van der Waals surface area (Å²) in [6, 6.07) is 1.59. The van der Waals surface area contributed by atoms with Crippen LogP contribution in [0.1, 0.15) is 84.2 Å². The molecule has 1 aromatic heterocycles. The van der Waals surface area contributed by atoms with Crippen LogP contribution < -0.4 is 0 Å². The summed E-state index contributed by atoms with van der Waals surface area (Å²) in [7, 11) is 3.69. The van der Waals surface area contributed by atoms with Gasteiger partial charge in [-0.15, -0.1) is 5.10 Å². The van der Waals surface area contributed by atoms with Gasteiger partial charge in [-0.05, 0) is 25.5 Å². The van der Waals surface area contributed by atoms with E-state index < -0.39 is 17.6 Å². The first-order valence-corrected chi connectivity index (χ1v) is 11.7. The van der Waals surface area contributed by atoms with Crippen molar-refractivity contribution in [3.63, 3.8) is 0 Å². The number of hydrogen-bond donors (Lipinski definition) is 0. The van der Waals surface area contributed by atoms with Crippen molar-refractivity contribution in [3.8, 4) is 0 Å². The van der Waals surface area contributed by atoms with E-state index in [0.717, 1.165) is 0 Å². The minimum Gasteiger partial charge on any atom is -0.383 e. The molecule has 0 amide bonds. The molecule has 0 aliphatic heterocycles. The number of halogens is 2. The second-order valence-electron chi connectivity index (χ2n) is 6.80. The molecular weight excluding hydrogens is 420 g/mol. The molecule has 0 fully saturated rings. The van der Waals surface area contributed by atoms with Gasteiger partial charge in [-0.1, -0.05) is 65.8 Å². The van der Waals surface area contributed by atoms with E-state index >= 15 is 0 Å². The molecule has 1 unspecified atom stereocenters. The Kier molecular flexibility index (Phi) is 14.5. The number of carbonyl (C=O) groups excluding carboxylic acids is 1. The van der Waals surface area contributed by atoms with E-state index in [1.165, 1.54) is 6.08 Å². The minimum absolute atomic E-state index is 0.0962. The molecule has 1 atom stereocenters. The van der Waals surface area contributed by atoms with Gasteiger partial charge in [0, 0.05) is 37.9 Å². The SMILES string of the molecule is C/C(=C\N(C)C)C(=O)C1C=CC=Cc2cc(C3=C(F)CCC=C3F)nnc21.CC.CC.CC. The van der Waals surface area contributed by atoms with E-state index in [-0.39, 0.29) is 23.5 Å². The van der Waals surface area contributed by atoms with Crippen LogP contribution in [0.15, 0.2) is 53.8 Å². The highest BCUT2D eigenvalue weighted by Crippen LogP contribution is 2.35. The van der Waals surface area contributed by atoms with Gasteiger partial charge in [0.2, 0.25) is 0 Å². The number of rotatable bonds is 4. The van der Waals surface area contributed by atoms with Crippen molar-refractivity contribution < 1.29 is 13.6 Å². The topological polar surface area (TPSA) is 46.1 Å². The molecule has 1 heterocycles. The molecule has 0 aromatic carbocycles. The third kappa shape index (κ3) is 8.19. The number of fused-ring (bicyclic) bond motifs is 1. The van der Waals surface area contributed by atoms with Gasteiger partial charge in [0.25, 0.3) is 0 Å². The Balaban J connectivity index is 0.00000158. The third-order valence-electron chi connectivity index (χ3n) is 4.42. The molecule has 2 aliphatic rings. The first-order chi connectivity index (χ1) is 15.9. The van der Waals surface area contributed by atoms with Gasteiger partial charge in [-0.2, -0.15) is 5.10 Å². The van der Waals surface area contributed by atoms with Gasteiger partial charge in [-0.3, -0.25) is 4.79 Å². The van der Waals surface area contributed by atoms with E-state index in [4.69, 9.17) is 0 Å². The van der Waals surface area contributed by atoms with Crippen LogP contribution >= 0.6 is 0 Å². The third-order valence-corrected chi connectivity index (χ3v) is 4.42. The Morgan fingerprint density at radius 1 is 1.06 bits per heavy atom. The van der Waals surface area contributed by atoms with Crippen LogP contribution in [0.25, 0.3) is 11.6 Å². The lowest BCUT2D eigenvalue weighted by molar-refractivity contribution is -0.116. The largest absolute Gasteiger partial charge is 0.383 e. The van der Waals surface area contributed by atoms with Crippen LogP contribution in [0, 0.1) is 0 Å². The minimum atomic E-state index is -0.624.